The molecule has 0 saturated carbocycles. The van der Waals surface area contributed by atoms with Crippen molar-refractivity contribution in [1.82, 2.24) is 10.3 Å². The lowest BCUT2D eigenvalue weighted by Gasteiger charge is -2.28. The number of carbonyl (C=O) groups is 3. The van der Waals surface area contributed by atoms with Crippen LogP contribution >= 0.6 is 0 Å². The summed E-state index contributed by atoms with van der Waals surface area (Å²) >= 11 is 0. The van der Waals surface area contributed by atoms with Crippen molar-refractivity contribution in [2.75, 3.05) is 29.9 Å². The summed E-state index contributed by atoms with van der Waals surface area (Å²) in [5, 5.41) is 5.32. The van der Waals surface area contributed by atoms with Gasteiger partial charge in [-0.1, -0.05) is 0 Å². The number of aromatic nitrogens is 1. The van der Waals surface area contributed by atoms with E-state index in [1.165, 1.54) is 25.5 Å². The third kappa shape index (κ3) is 6.41. The average Bonchev–Trinajstić information content (AvgIpc) is 2.78. The Morgan fingerprint density at radius 1 is 0.931 bits per heavy atom. The number of nitrogens with zero attached hydrogens (tertiary/aromatic N) is 2. The Kier molecular flexibility index (Phi) is 7.33. The van der Waals surface area contributed by atoms with Crippen molar-refractivity contribution < 1.29 is 14.4 Å². The maximum atomic E-state index is 12.1. The van der Waals surface area contributed by atoms with Gasteiger partial charge in [-0.05, 0) is 55.7 Å². The molecule has 3 rings (SSSR count). The van der Waals surface area contributed by atoms with Crippen molar-refractivity contribution in [3.8, 4) is 0 Å². The predicted octanol–water partition coefficient (Wildman–Crippen LogP) is 2.79. The Morgan fingerprint density at radius 3 is 2.38 bits per heavy atom. The Labute approximate surface area is 170 Å². The summed E-state index contributed by atoms with van der Waals surface area (Å²) < 4.78 is 0. The number of amides is 2. The molecule has 0 radical (unpaired) electrons. The van der Waals surface area contributed by atoms with Crippen LogP contribution in [0.15, 0.2) is 48.8 Å². The molecule has 2 amide bonds. The Morgan fingerprint density at radius 2 is 1.69 bits per heavy atom. The minimum absolute atomic E-state index is 0.0333. The maximum Gasteiger partial charge on any atom is 0.243 e. The summed E-state index contributed by atoms with van der Waals surface area (Å²) in [6, 6.07) is 11.1. The zero-order valence-electron chi connectivity index (χ0n) is 16.4. The van der Waals surface area contributed by atoms with Crippen LogP contribution in [0.5, 0.6) is 0 Å². The summed E-state index contributed by atoms with van der Waals surface area (Å²) in [5.74, 6) is -0.785. The molecule has 0 aliphatic carbocycles. The number of carbonyl (C=O) groups excluding carboxylic acids is 3. The van der Waals surface area contributed by atoms with E-state index in [0.29, 0.717) is 11.3 Å². The molecule has 0 bridgehead atoms. The highest BCUT2D eigenvalue weighted by Crippen LogP contribution is 2.21. The molecule has 2 N–H and O–H groups in total. The van der Waals surface area contributed by atoms with Gasteiger partial charge in [0.1, 0.15) is 0 Å². The maximum absolute atomic E-state index is 12.1. The molecule has 7 heteroatoms. The van der Waals surface area contributed by atoms with Crippen molar-refractivity contribution in [3.63, 3.8) is 0 Å². The summed E-state index contributed by atoms with van der Waals surface area (Å²) in [4.78, 5) is 42.1. The molecule has 1 aliphatic heterocycles. The van der Waals surface area contributed by atoms with Crippen LogP contribution in [-0.4, -0.2) is 42.2 Å². The first kappa shape index (κ1) is 20.5. The van der Waals surface area contributed by atoms with Gasteiger partial charge < -0.3 is 15.5 Å². The quantitative estimate of drug-likeness (QED) is 0.672. The standard InChI is InChI=1S/C22H26N4O3/c27-20(17-5-4-12-23-15-17)10-11-21(28)24-16-22(29)25-18-6-8-19(9-7-18)26-13-2-1-3-14-26/h4-9,12,15H,1-3,10-11,13-14,16H2,(H,24,28)(H,25,29). The molecule has 1 aliphatic rings. The second-order valence-corrected chi connectivity index (χ2v) is 7.08. The molecule has 0 spiro atoms. The molecule has 7 nitrogen and oxygen atoms in total. The smallest absolute Gasteiger partial charge is 0.243 e. The van der Waals surface area contributed by atoms with Crippen molar-refractivity contribution in [1.29, 1.82) is 0 Å². The van der Waals surface area contributed by atoms with Crippen LogP contribution in [0.4, 0.5) is 11.4 Å². The van der Waals surface area contributed by atoms with E-state index < -0.39 is 0 Å². The number of piperidine rings is 1. The number of benzene rings is 1. The van der Waals surface area contributed by atoms with Crippen LogP contribution in [0.25, 0.3) is 0 Å². The normalized spacial score (nSPS) is 13.6. The number of Topliss-reactive ketones (excluding diaryl/α,β-unsaturated/α-hetero) is 1. The van der Waals surface area contributed by atoms with Crippen LogP contribution in [0.2, 0.25) is 0 Å². The fourth-order valence-corrected chi connectivity index (χ4v) is 3.28. The molecule has 2 heterocycles. The molecule has 1 saturated heterocycles. The van der Waals surface area contributed by atoms with E-state index in [9.17, 15) is 14.4 Å². The molecule has 29 heavy (non-hydrogen) atoms. The van der Waals surface area contributed by atoms with E-state index in [2.05, 4.69) is 20.5 Å². The highest BCUT2D eigenvalue weighted by atomic mass is 16.2. The molecular formula is C22H26N4O3. The van der Waals surface area contributed by atoms with Gasteiger partial charge in [-0.15, -0.1) is 0 Å². The van der Waals surface area contributed by atoms with E-state index in [4.69, 9.17) is 0 Å². The topological polar surface area (TPSA) is 91.4 Å². The molecule has 2 aromatic rings. The lowest BCUT2D eigenvalue weighted by molar-refractivity contribution is -0.124. The highest BCUT2D eigenvalue weighted by molar-refractivity contribution is 5.98. The number of hydrogen-bond acceptors (Lipinski definition) is 5. The zero-order chi connectivity index (χ0) is 20.5. The zero-order valence-corrected chi connectivity index (χ0v) is 16.4. The first-order valence-corrected chi connectivity index (χ1v) is 9.96. The lowest BCUT2D eigenvalue weighted by atomic mass is 10.1. The van der Waals surface area contributed by atoms with E-state index >= 15 is 0 Å². The summed E-state index contributed by atoms with van der Waals surface area (Å²) in [7, 11) is 0. The predicted molar refractivity (Wildman–Crippen MR) is 112 cm³/mol. The van der Waals surface area contributed by atoms with Gasteiger partial charge in [0.25, 0.3) is 0 Å². The number of anilines is 2. The van der Waals surface area contributed by atoms with E-state index in [1.54, 1.807) is 18.3 Å². The second kappa shape index (κ2) is 10.4. The average molecular weight is 394 g/mol. The number of nitrogens with one attached hydrogen (secondary N) is 2. The lowest BCUT2D eigenvalue weighted by Crippen LogP contribution is -2.33. The third-order valence-electron chi connectivity index (χ3n) is 4.88. The largest absolute Gasteiger partial charge is 0.372 e. The van der Waals surface area contributed by atoms with Gasteiger partial charge in [-0.25, -0.2) is 0 Å². The number of hydrogen-bond donors (Lipinski definition) is 2. The first-order chi connectivity index (χ1) is 14.1. The minimum atomic E-state index is -0.335. The van der Waals surface area contributed by atoms with Crippen LogP contribution in [0, 0.1) is 0 Å². The molecule has 0 atom stereocenters. The molecule has 1 aromatic carbocycles. The van der Waals surface area contributed by atoms with Gasteiger partial charge in [0.15, 0.2) is 5.78 Å². The van der Waals surface area contributed by atoms with Gasteiger partial charge >= 0.3 is 0 Å². The van der Waals surface area contributed by atoms with Crippen LogP contribution < -0.4 is 15.5 Å². The van der Waals surface area contributed by atoms with Gasteiger partial charge in [0.2, 0.25) is 11.8 Å². The minimum Gasteiger partial charge on any atom is -0.372 e. The number of rotatable bonds is 8. The van der Waals surface area contributed by atoms with Crippen LogP contribution in [0.3, 0.4) is 0 Å². The highest BCUT2D eigenvalue weighted by Gasteiger charge is 2.12. The van der Waals surface area contributed by atoms with Gasteiger partial charge in [0, 0.05) is 55.3 Å². The van der Waals surface area contributed by atoms with Gasteiger partial charge in [-0.3, -0.25) is 19.4 Å². The van der Waals surface area contributed by atoms with Crippen LogP contribution in [0.1, 0.15) is 42.5 Å². The summed E-state index contributed by atoms with van der Waals surface area (Å²) in [6.45, 7) is 2.01. The third-order valence-corrected chi connectivity index (χ3v) is 4.88. The molecule has 1 aromatic heterocycles. The van der Waals surface area contributed by atoms with E-state index in [1.807, 2.05) is 24.3 Å². The van der Waals surface area contributed by atoms with Gasteiger partial charge in [0.05, 0.1) is 6.54 Å². The molecule has 152 valence electrons. The monoisotopic (exact) mass is 394 g/mol. The van der Waals surface area contributed by atoms with Crippen molar-refractivity contribution in [3.05, 3.63) is 54.4 Å². The Hall–Kier alpha value is -3.22. The van der Waals surface area contributed by atoms with E-state index in [0.717, 1.165) is 18.8 Å². The fraction of sp³-hybridized carbons (Fsp3) is 0.364. The summed E-state index contributed by atoms with van der Waals surface area (Å²) in [5.41, 5.74) is 2.33. The van der Waals surface area contributed by atoms with Crippen LogP contribution in [-0.2, 0) is 9.59 Å². The molecule has 0 unspecified atom stereocenters. The van der Waals surface area contributed by atoms with E-state index in [-0.39, 0.29) is 37.0 Å². The van der Waals surface area contributed by atoms with Gasteiger partial charge in [-0.2, -0.15) is 0 Å². The van der Waals surface area contributed by atoms with Crippen molar-refractivity contribution in [2.45, 2.75) is 32.1 Å². The summed E-state index contributed by atoms with van der Waals surface area (Å²) in [6.07, 6.45) is 6.89. The van der Waals surface area contributed by atoms with Crippen molar-refractivity contribution >= 4 is 29.0 Å². The van der Waals surface area contributed by atoms with Crippen molar-refractivity contribution in [2.24, 2.45) is 0 Å². The molecular weight excluding hydrogens is 368 g/mol. The fourth-order valence-electron chi connectivity index (χ4n) is 3.28. The molecule has 1 fully saturated rings. The SMILES string of the molecule is O=C(CCC(=O)c1cccnc1)NCC(=O)Nc1ccc(N2CCCCC2)cc1. The number of pyridine rings is 1. The first-order valence-electron chi connectivity index (χ1n) is 9.96. The Bertz CT molecular complexity index is 831. The Balaban J connectivity index is 1.38. The number of ketones is 1. The second-order valence-electron chi connectivity index (χ2n) is 7.08.